The molecule has 19 heavy (non-hydrogen) atoms. The van der Waals surface area contributed by atoms with Gasteiger partial charge in [0.05, 0.1) is 5.56 Å². The largest absolute Gasteiger partial charge is 0.427 e. The van der Waals surface area contributed by atoms with E-state index in [1.807, 2.05) is 13.8 Å². The number of rotatable bonds is 2. The van der Waals surface area contributed by atoms with E-state index in [4.69, 9.17) is 4.74 Å². The van der Waals surface area contributed by atoms with E-state index in [2.05, 4.69) is 15.9 Å². The lowest BCUT2D eigenvalue weighted by Crippen LogP contribution is -2.23. The van der Waals surface area contributed by atoms with Gasteiger partial charge in [-0.05, 0) is 29.7 Å². The average molecular weight is 323 g/mol. The summed E-state index contributed by atoms with van der Waals surface area (Å²) in [5, 5.41) is 0. The Hall–Kier alpha value is -1.42. The zero-order valence-corrected chi connectivity index (χ0v) is 12.5. The van der Waals surface area contributed by atoms with Crippen LogP contribution in [0.4, 0.5) is 0 Å². The highest BCUT2D eigenvalue weighted by Crippen LogP contribution is 2.34. The van der Waals surface area contributed by atoms with E-state index >= 15 is 0 Å². The monoisotopic (exact) mass is 322 g/mol. The molecule has 0 saturated heterocycles. The number of carbonyl (C=O) groups excluding carboxylic acids is 2. The quantitative estimate of drug-likeness (QED) is 0.776. The molecule has 0 radical (unpaired) electrons. The van der Waals surface area contributed by atoms with Crippen LogP contribution in [0.1, 0.15) is 37.0 Å². The summed E-state index contributed by atoms with van der Waals surface area (Å²) in [5.74, 6) is 0.0354. The van der Waals surface area contributed by atoms with Crippen molar-refractivity contribution in [3.8, 4) is 0 Å². The standard InChI is InChI=1S/C15H15BrO3/c1-15(2)8-12(17)7-13(9-15)19-14(18)10-3-5-11(16)6-4-10/h3-7H,8-9H2,1-2H3. The summed E-state index contributed by atoms with van der Waals surface area (Å²) in [5.41, 5.74) is 0.321. The van der Waals surface area contributed by atoms with Gasteiger partial charge in [0.15, 0.2) is 5.78 Å². The Labute approximate surface area is 120 Å². The molecule has 2 rings (SSSR count). The van der Waals surface area contributed by atoms with Crippen LogP contribution >= 0.6 is 15.9 Å². The number of hydrogen-bond donors (Lipinski definition) is 0. The van der Waals surface area contributed by atoms with Crippen LogP contribution in [0.2, 0.25) is 0 Å². The summed E-state index contributed by atoms with van der Waals surface area (Å²) >= 11 is 3.31. The van der Waals surface area contributed by atoms with Crippen LogP contribution in [0.5, 0.6) is 0 Å². The first kappa shape index (κ1) is 14.0. The van der Waals surface area contributed by atoms with Crippen molar-refractivity contribution in [1.29, 1.82) is 0 Å². The van der Waals surface area contributed by atoms with Gasteiger partial charge in [-0.3, -0.25) is 4.79 Å². The molecule has 0 aliphatic heterocycles. The van der Waals surface area contributed by atoms with Crippen LogP contribution in [0.15, 0.2) is 40.6 Å². The van der Waals surface area contributed by atoms with E-state index in [0.717, 1.165) is 4.47 Å². The second-order valence-electron chi connectivity index (χ2n) is 5.49. The van der Waals surface area contributed by atoms with Gasteiger partial charge in [0.1, 0.15) is 5.76 Å². The van der Waals surface area contributed by atoms with Crippen LogP contribution in [0.3, 0.4) is 0 Å². The fourth-order valence-electron chi connectivity index (χ4n) is 2.12. The van der Waals surface area contributed by atoms with Gasteiger partial charge in [-0.15, -0.1) is 0 Å². The highest BCUT2D eigenvalue weighted by molar-refractivity contribution is 9.10. The van der Waals surface area contributed by atoms with E-state index in [1.54, 1.807) is 24.3 Å². The number of halogens is 1. The van der Waals surface area contributed by atoms with E-state index in [-0.39, 0.29) is 11.2 Å². The molecule has 0 bridgehead atoms. The van der Waals surface area contributed by atoms with Crippen LogP contribution in [0.25, 0.3) is 0 Å². The average Bonchev–Trinajstić information content (AvgIpc) is 2.26. The molecular weight excluding hydrogens is 308 g/mol. The Morgan fingerprint density at radius 1 is 1.21 bits per heavy atom. The predicted octanol–water partition coefficient (Wildman–Crippen LogP) is 3.88. The Bertz CT molecular complexity index is 541. The van der Waals surface area contributed by atoms with E-state index in [1.165, 1.54) is 6.08 Å². The van der Waals surface area contributed by atoms with E-state index in [0.29, 0.717) is 24.2 Å². The minimum absolute atomic E-state index is 0.00913. The van der Waals surface area contributed by atoms with Gasteiger partial charge in [0, 0.05) is 23.4 Å². The Morgan fingerprint density at radius 2 is 1.84 bits per heavy atom. The van der Waals surface area contributed by atoms with Crippen molar-refractivity contribution in [2.75, 3.05) is 0 Å². The third-order valence-corrected chi connectivity index (χ3v) is 3.46. The molecule has 100 valence electrons. The van der Waals surface area contributed by atoms with Gasteiger partial charge in [-0.2, -0.15) is 0 Å². The summed E-state index contributed by atoms with van der Waals surface area (Å²) in [4.78, 5) is 23.5. The minimum atomic E-state index is -0.427. The third-order valence-electron chi connectivity index (χ3n) is 2.93. The Balaban J connectivity index is 2.11. The maximum atomic E-state index is 12.0. The van der Waals surface area contributed by atoms with E-state index in [9.17, 15) is 9.59 Å². The zero-order valence-electron chi connectivity index (χ0n) is 10.9. The Kier molecular flexibility index (Phi) is 3.90. The number of hydrogen-bond acceptors (Lipinski definition) is 3. The fourth-order valence-corrected chi connectivity index (χ4v) is 2.38. The molecule has 0 aromatic heterocycles. The van der Waals surface area contributed by atoms with Crippen molar-refractivity contribution in [3.05, 3.63) is 46.1 Å². The molecule has 0 amide bonds. The normalized spacial score (nSPS) is 17.8. The van der Waals surface area contributed by atoms with Gasteiger partial charge in [0.25, 0.3) is 0 Å². The summed E-state index contributed by atoms with van der Waals surface area (Å²) in [6.07, 6.45) is 2.52. The molecule has 0 spiro atoms. The molecule has 0 atom stereocenters. The van der Waals surface area contributed by atoms with Crippen LogP contribution in [0, 0.1) is 5.41 Å². The molecule has 0 fully saturated rings. The molecule has 1 aliphatic carbocycles. The molecule has 1 aliphatic rings. The second-order valence-corrected chi connectivity index (χ2v) is 6.41. The van der Waals surface area contributed by atoms with Gasteiger partial charge < -0.3 is 4.74 Å². The highest BCUT2D eigenvalue weighted by atomic mass is 79.9. The van der Waals surface area contributed by atoms with Crippen molar-refractivity contribution in [2.45, 2.75) is 26.7 Å². The number of ether oxygens (including phenoxy) is 1. The lowest BCUT2D eigenvalue weighted by Gasteiger charge is -2.27. The van der Waals surface area contributed by atoms with Gasteiger partial charge in [-0.25, -0.2) is 4.79 Å². The number of esters is 1. The first-order valence-electron chi connectivity index (χ1n) is 6.07. The summed E-state index contributed by atoms with van der Waals surface area (Å²) in [6.45, 7) is 3.98. The van der Waals surface area contributed by atoms with Gasteiger partial charge in [0.2, 0.25) is 0 Å². The molecule has 0 N–H and O–H groups in total. The lowest BCUT2D eigenvalue weighted by molar-refractivity contribution is -0.117. The third kappa shape index (κ3) is 3.77. The smallest absolute Gasteiger partial charge is 0.343 e. The highest BCUT2D eigenvalue weighted by Gasteiger charge is 2.29. The maximum absolute atomic E-state index is 12.0. The number of carbonyl (C=O) groups is 2. The molecule has 0 unspecified atom stereocenters. The minimum Gasteiger partial charge on any atom is -0.427 e. The molecule has 1 aromatic carbocycles. The number of benzene rings is 1. The lowest BCUT2D eigenvalue weighted by atomic mass is 9.79. The molecule has 3 nitrogen and oxygen atoms in total. The first-order chi connectivity index (χ1) is 8.85. The molecular formula is C15H15BrO3. The summed E-state index contributed by atoms with van der Waals surface area (Å²) < 4.78 is 6.21. The van der Waals surface area contributed by atoms with Crippen LogP contribution in [-0.4, -0.2) is 11.8 Å². The van der Waals surface area contributed by atoms with Gasteiger partial charge in [-0.1, -0.05) is 29.8 Å². The number of ketones is 1. The van der Waals surface area contributed by atoms with Crippen molar-refractivity contribution in [3.63, 3.8) is 0 Å². The SMILES string of the molecule is CC1(C)CC(=O)C=C(OC(=O)c2ccc(Br)cc2)C1. The molecule has 0 saturated carbocycles. The van der Waals surface area contributed by atoms with Crippen molar-refractivity contribution < 1.29 is 14.3 Å². The maximum Gasteiger partial charge on any atom is 0.343 e. The van der Waals surface area contributed by atoms with Crippen molar-refractivity contribution in [1.82, 2.24) is 0 Å². The fraction of sp³-hybridized carbons (Fsp3) is 0.333. The van der Waals surface area contributed by atoms with E-state index < -0.39 is 5.97 Å². The predicted molar refractivity (Wildman–Crippen MR) is 75.7 cm³/mol. The summed E-state index contributed by atoms with van der Waals surface area (Å²) in [6, 6.07) is 6.92. The topological polar surface area (TPSA) is 43.4 Å². The molecule has 0 heterocycles. The zero-order chi connectivity index (χ0) is 14.0. The molecule has 4 heteroatoms. The Morgan fingerprint density at radius 3 is 2.42 bits per heavy atom. The van der Waals surface area contributed by atoms with Crippen LogP contribution in [-0.2, 0) is 9.53 Å². The van der Waals surface area contributed by atoms with Crippen molar-refractivity contribution in [2.24, 2.45) is 5.41 Å². The number of allylic oxidation sites excluding steroid dienone is 2. The second kappa shape index (κ2) is 5.29. The van der Waals surface area contributed by atoms with Gasteiger partial charge >= 0.3 is 5.97 Å². The first-order valence-corrected chi connectivity index (χ1v) is 6.86. The molecule has 1 aromatic rings. The summed E-state index contributed by atoms with van der Waals surface area (Å²) in [7, 11) is 0. The van der Waals surface area contributed by atoms with Crippen LogP contribution < -0.4 is 0 Å². The van der Waals surface area contributed by atoms with Crippen molar-refractivity contribution >= 4 is 27.7 Å².